The summed E-state index contributed by atoms with van der Waals surface area (Å²) in [5.41, 5.74) is 26.0. The van der Waals surface area contributed by atoms with E-state index in [0.717, 1.165) is 80.0 Å². The van der Waals surface area contributed by atoms with Crippen LogP contribution in [0.25, 0.3) is 66.4 Å². The number of hydrogen-bond acceptors (Lipinski definition) is 4. The average molecular weight is 960 g/mol. The Bertz CT molecular complexity index is 4220. The van der Waals surface area contributed by atoms with Gasteiger partial charge in [-0.2, -0.15) is 0 Å². The van der Waals surface area contributed by atoms with Gasteiger partial charge in [0.05, 0.1) is 22.2 Å². The van der Waals surface area contributed by atoms with Gasteiger partial charge in [-0.3, -0.25) is 4.98 Å². The highest BCUT2D eigenvalue weighted by Gasteiger charge is 2.52. The molecule has 0 atom stereocenters. The number of furan rings is 1. The van der Waals surface area contributed by atoms with Crippen molar-refractivity contribution in [1.29, 1.82) is 0 Å². The van der Waals surface area contributed by atoms with Crippen molar-refractivity contribution in [3.05, 3.63) is 282 Å². The molecule has 0 unspecified atom stereocenters. The number of anilines is 6. The molecule has 75 heavy (non-hydrogen) atoms. The predicted molar refractivity (Wildman–Crippen MR) is 307 cm³/mol. The van der Waals surface area contributed by atoms with Crippen molar-refractivity contribution in [1.82, 2.24) is 4.98 Å². The highest BCUT2D eigenvalue weighted by atomic mass is 16.3. The number of nitrogens with zero attached hydrogens (tertiary/aromatic N) is 3. The first-order valence-corrected chi connectivity index (χ1v) is 26.5. The maximum atomic E-state index is 7.31. The lowest BCUT2D eigenvalue weighted by atomic mass is 9.70. The van der Waals surface area contributed by atoms with E-state index < -0.39 is 5.41 Å². The Morgan fingerprint density at radius 3 is 1.63 bits per heavy atom. The summed E-state index contributed by atoms with van der Waals surface area (Å²) in [6.07, 6.45) is 8.52. The van der Waals surface area contributed by atoms with Crippen LogP contribution < -0.4 is 9.80 Å². The van der Waals surface area contributed by atoms with Gasteiger partial charge in [0.2, 0.25) is 0 Å². The molecular formula is C71H49N3O. The van der Waals surface area contributed by atoms with E-state index in [1.54, 1.807) is 0 Å². The van der Waals surface area contributed by atoms with Crippen LogP contribution in [0.1, 0.15) is 59.1 Å². The Morgan fingerprint density at radius 1 is 0.373 bits per heavy atom. The van der Waals surface area contributed by atoms with Gasteiger partial charge in [0.1, 0.15) is 5.58 Å². The molecule has 0 amide bonds. The number of aromatic nitrogens is 1. The van der Waals surface area contributed by atoms with Gasteiger partial charge in [-0.15, -0.1) is 0 Å². The maximum Gasteiger partial charge on any atom is 0.159 e. The van der Waals surface area contributed by atoms with Crippen LogP contribution in [0.5, 0.6) is 0 Å². The number of benzene rings is 10. The molecule has 354 valence electrons. The third kappa shape index (κ3) is 5.91. The quantitative estimate of drug-likeness (QED) is 0.159. The molecule has 10 aromatic carbocycles. The Balaban J connectivity index is 0.925. The SMILES string of the molecule is c1ccc(N(c2ccc(-c3cccnc3)cc2)c2cccc3oc4c(N(c5ccc6c(c5)-c5ccccc5C65c6ccccc6-c6ccccc65)c5ccc6c(c5)C5(CCCC5)c5ccccc5-6)cccc4c23)cc1. The van der Waals surface area contributed by atoms with Gasteiger partial charge in [0.25, 0.3) is 0 Å². The Kier molecular flexibility index (Phi) is 9.09. The van der Waals surface area contributed by atoms with Crippen LogP contribution in [0.3, 0.4) is 0 Å². The molecule has 1 fully saturated rings. The van der Waals surface area contributed by atoms with Gasteiger partial charge in [0.15, 0.2) is 5.58 Å². The van der Waals surface area contributed by atoms with Crippen molar-refractivity contribution >= 4 is 56.1 Å². The van der Waals surface area contributed by atoms with E-state index in [-0.39, 0.29) is 5.41 Å². The van der Waals surface area contributed by atoms with Crippen LogP contribution in [0.2, 0.25) is 0 Å². The van der Waals surface area contributed by atoms with Gasteiger partial charge in [-0.05, 0) is 164 Å². The van der Waals surface area contributed by atoms with E-state index in [9.17, 15) is 0 Å². The Labute approximate surface area is 436 Å². The summed E-state index contributed by atoms with van der Waals surface area (Å²) in [6, 6.07) is 87.8. The zero-order chi connectivity index (χ0) is 49.2. The number of fused-ring (bicyclic) bond motifs is 18. The molecular weight excluding hydrogens is 911 g/mol. The van der Waals surface area contributed by atoms with Crippen molar-refractivity contribution in [3.63, 3.8) is 0 Å². The fourth-order valence-electron chi connectivity index (χ4n) is 14.3. The molecule has 0 radical (unpaired) electrons. The molecule has 16 rings (SSSR count). The predicted octanol–water partition coefficient (Wildman–Crippen LogP) is 18.8. The van der Waals surface area contributed by atoms with E-state index in [2.05, 4.69) is 245 Å². The molecule has 4 aliphatic rings. The number of hydrogen-bond donors (Lipinski definition) is 0. The van der Waals surface area contributed by atoms with E-state index >= 15 is 0 Å². The van der Waals surface area contributed by atoms with E-state index in [0.29, 0.717) is 0 Å². The topological polar surface area (TPSA) is 32.5 Å². The van der Waals surface area contributed by atoms with Crippen LogP contribution in [0.15, 0.2) is 253 Å². The Hall–Kier alpha value is -9.25. The maximum absolute atomic E-state index is 7.31. The summed E-state index contributed by atoms with van der Waals surface area (Å²) < 4.78 is 7.31. The van der Waals surface area contributed by atoms with Crippen molar-refractivity contribution in [2.24, 2.45) is 0 Å². The molecule has 4 aliphatic carbocycles. The molecule has 2 heterocycles. The lowest BCUT2D eigenvalue weighted by Crippen LogP contribution is -2.25. The van der Waals surface area contributed by atoms with E-state index in [4.69, 9.17) is 4.42 Å². The Morgan fingerprint density at radius 2 is 0.920 bits per heavy atom. The van der Waals surface area contributed by atoms with Crippen LogP contribution in [-0.4, -0.2) is 4.98 Å². The van der Waals surface area contributed by atoms with Crippen molar-refractivity contribution < 1.29 is 4.42 Å². The molecule has 0 aliphatic heterocycles. The number of rotatable bonds is 7. The van der Waals surface area contributed by atoms with Crippen LogP contribution in [0, 0.1) is 0 Å². The van der Waals surface area contributed by atoms with Gasteiger partial charge in [-0.25, -0.2) is 0 Å². The summed E-state index contributed by atoms with van der Waals surface area (Å²) in [5.74, 6) is 0. The average Bonchev–Trinajstić information content (AvgIpc) is 4.47. The first kappa shape index (κ1) is 42.3. The second-order valence-corrected chi connectivity index (χ2v) is 20.9. The summed E-state index contributed by atoms with van der Waals surface area (Å²) in [4.78, 5) is 9.25. The van der Waals surface area contributed by atoms with Gasteiger partial charge < -0.3 is 14.2 Å². The monoisotopic (exact) mass is 959 g/mol. The normalized spacial score (nSPS) is 14.7. The van der Waals surface area contributed by atoms with Crippen molar-refractivity contribution in [2.45, 2.75) is 36.5 Å². The molecule has 1 saturated carbocycles. The first-order chi connectivity index (χ1) is 37.2. The van der Waals surface area contributed by atoms with Crippen LogP contribution in [0.4, 0.5) is 34.1 Å². The molecule has 4 nitrogen and oxygen atoms in total. The lowest BCUT2D eigenvalue weighted by molar-refractivity contribution is 0.550. The highest BCUT2D eigenvalue weighted by Crippen LogP contribution is 2.64. The zero-order valence-corrected chi connectivity index (χ0v) is 41.2. The summed E-state index contributed by atoms with van der Waals surface area (Å²) in [7, 11) is 0. The van der Waals surface area contributed by atoms with Gasteiger partial charge >= 0.3 is 0 Å². The second-order valence-electron chi connectivity index (χ2n) is 20.9. The smallest absolute Gasteiger partial charge is 0.159 e. The fourth-order valence-corrected chi connectivity index (χ4v) is 14.3. The minimum Gasteiger partial charge on any atom is -0.454 e. The number of pyridine rings is 1. The molecule has 2 aromatic heterocycles. The minimum atomic E-state index is -0.435. The van der Waals surface area contributed by atoms with Crippen molar-refractivity contribution in [2.75, 3.05) is 9.80 Å². The largest absolute Gasteiger partial charge is 0.454 e. The summed E-state index contributed by atoms with van der Waals surface area (Å²) >= 11 is 0. The summed E-state index contributed by atoms with van der Waals surface area (Å²) in [5, 5.41) is 2.12. The lowest BCUT2D eigenvalue weighted by Gasteiger charge is -2.32. The first-order valence-electron chi connectivity index (χ1n) is 26.5. The van der Waals surface area contributed by atoms with Crippen LogP contribution >= 0.6 is 0 Å². The third-order valence-electron chi connectivity index (χ3n) is 17.3. The molecule has 2 spiro atoms. The van der Waals surface area contributed by atoms with Crippen molar-refractivity contribution in [3.8, 4) is 44.5 Å². The summed E-state index contributed by atoms with van der Waals surface area (Å²) in [6.45, 7) is 0. The third-order valence-corrected chi connectivity index (χ3v) is 17.3. The number of para-hydroxylation sites is 2. The standard InChI is InChI=1S/C71H49N3O/c1-2-18-48(19-3-1)73(49-34-32-46(33-35-49)47-17-16-42-72-45-47)65-29-15-31-67-68(65)57-24-14-30-66(69(57)75-67)74(51-36-38-56-52-20-4-8-25-59(52)70(64(56)44-51)40-12-13-41-70)50-37-39-63-58(43-50)55-23-7-11-28-62(55)71(63)60-26-9-5-21-53(60)54-22-6-10-27-61(54)71/h1-11,14-39,42-45H,12-13,40-41H2. The molecule has 0 saturated heterocycles. The fraction of sp³-hybridized carbons (Fsp3) is 0.0845. The van der Waals surface area contributed by atoms with Gasteiger partial charge in [-0.1, -0.05) is 177 Å². The molecule has 0 N–H and O–H groups in total. The molecule has 0 bridgehead atoms. The van der Waals surface area contributed by atoms with Crippen LogP contribution in [-0.2, 0) is 10.8 Å². The van der Waals surface area contributed by atoms with E-state index in [1.165, 1.54) is 79.6 Å². The minimum absolute atomic E-state index is 0.00250. The van der Waals surface area contributed by atoms with Gasteiger partial charge in [0, 0.05) is 45.9 Å². The molecule has 12 aromatic rings. The zero-order valence-electron chi connectivity index (χ0n) is 41.2. The molecule has 4 heteroatoms. The van der Waals surface area contributed by atoms with E-state index in [1.807, 2.05) is 18.5 Å². The highest BCUT2D eigenvalue weighted by molar-refractivity contribution is 6.17. The second kappa shape index (κ2) is 16.1.